The molecule has 3 rings (SSSR count). The Morgan fingerprint density at radius 2 is 2.08 bits per heavy atom. The average Bonchev–Trinajstić information content (AvgIpc) is 3.00. The van der Waals surface area contributed by atoms with Crippen LogP contribution in [0, 0.1) is 0 Å². The van der Waals surface area contributed by atoms with Crippen molar-refractivity contribution in [1.29, 1.82) is 0 Å². The second-order valence-electron chi connectivity index (χ2n) is 4.99. The van der Waals surface area contributed by atoms with Crippen LogP contribution in [0.1, 0.15) is 12.5 Å². The van der Waals surface area contributed by atoms with E-state index in [0.29, 0.717) is 27.5 Å². The van der Waals surface area contributed by atoms with Crippen molar-refractivity contribution in [2.75, 3.05) is 11.5 Å². The van der Waals surface area contributed by atoms with Gasteiger partial charge in [0.05, 0.1) is 10.6 Å². The first kappa shape index (κ1) is 16.5. The lowest BCUT2D eigenvalue weighted by atomic mass is 10.2. The largest absolute Gasteiger partial charge is 0.486 e. The number of pyridine rings is 1. The molecule has 0 fully saturated rings. The number of anilines is 1. The summed E-state index contributed by atoms with van der Waals surface area (Å²) in [6, 6.07) is 6.08. The molecule has 8 nitrogen and oxygen atoms in total. The van der Waals surface area contributed by atoms with E-state index in [2.05, 4.69) is 20.4 Å². The van der Waals surface area contributed by atoms with Gasteiger partial charge >= 0.3 is 0 Å². The number of benzene rings is 1. The maximum absolute atomic E-state index is 12.2. The van der Waals surface area contributed by atoms with Gasteiger partial charge in [-0.05, 0) is 18.2 Å². The fourth-order valence-electron chi connectivity index (χ4n) is 2.21. The molecular formula is C14H14ClN5O3S. The van der Waals surface area contributed by atoms with Crippen LogP contribution in [0.5, 0.6) is 5.75 Å². The summed E-state index contributed by atoms with van der Waals surface area (Å²) in [6.07, 6.45) is 0. The summed E-state index contributed by atoms with van der Waals surface area (Å²) in [7, 11) is -3.40. The number of fused-ring (bicyclic) bond motifs is 1. The van der Waals surface area contributed by atoms with Crippen LogP contribution in [0.25, 0.3) is 11.2 Å². The van der Waals surface area contributed by atoms with Crippen LogP contribution in [0.2, 0.25) is 5.02 Å². The number of aromatic nitrogens is 4. The minimum Gasteiger partial charge on any atom is -0.486 e. The molecule has 126 valence electrons. The van der Waals surface area contributed by atoms with E-state index in [1.165, 1.54) is 18.2 Å². The first-order valence-corrected chi connectivity index (χ1v) is 9.04. The number of ether oxygens (including phenoxy) is 1. The minimum atomic E-state index is -3.40. The molecule has 2 aromatic heterocycles. The predicted octanol–water partition coefficient (Wildman–Crippen LogP) is 1.96. The van der Waals surface area contributed by atoms with Gasteiger partial charge in [0.15, 0.2) is 21.1 Å². The smallest absolute Gasteiger partial charge is 0.207 e. The highest BCUT2D eigenvalue weighted by Gasteiger charge is 2.18. The lowest BCUT2D eigenvalue weighted by molar-refractivity contribution is 0.306. The number of nitrogens with one attached hydrogen (secondary N) is 1. The van der Waals surface area contributed by atoms with Crippen LogP contribution in [0.4, 0.5) is 5.82 Å². The average molecular weight is 368 g/mol. The van der Waals surface area contributed by atoms with Gasteiger partial charge in [-0.2, -0.15) is 10.3 Å². The molecule has 0 aliphatic carbocycles. The van der Waals surface area contributed by atoms with E-state index in [1.807, 2.05) is 0 Å². The second-order valence-corrected chi connectivity index (χ2v) is 7.67. The van der Waals surface area contributed by atoms with Gasteiger partial charge in [0.25, 0.3) is 0 Å². The molecule has 0 aliphatic rings. The van der Waals surface area contributed by atoms with Crippen molar-refractivity contribution in [3.63, 3.8) is 0 Å². The Balaban J connectivity index is 1.97. The van der Waals surface area contributed by atoms with E-state index in [0.717, 1.165) is 0 Å². The summed E-state index contributed by atoms with van der Waals surface area (Å²) in [5.41, 5.74) is 6.89. The normalized spacial score (nSPS) is 11.8. The Morgan fingerprint density at radius 1 is 1.29 bits per heavy atom. The van der Waals surface area contributed by atoms with Crippen LogP contribution < -0.4 is 10.5 Å². The van der Waals surface area contributed by atoms with Crippen LogP contribution >= 0.6 is 11.6 Å². The highest BCUT2D eigenvalue weighted by Crippen LogP contribution is 2.27. The zero-order valence-corrected chi connectivity index (χ0v) is 14.2. The van der Waals surface area contributed by atoms with Gasteiger partial charge in [-0.25, -0.2) is 13.4 Å². The molecule has 0 atom stereocenters. The van der Waals surface area contributed by atoms with Crippen LogP contribution in [-0.2, 0) is 16.4 Å². The topological polar surface area (TPSA) is 124 Å². The monoisotopic (exact) mass is 367 g/mol. The molecule has 10 heteroatoms. The summed E-state index contributed by atoms with van der Waals surface area (Å²) in [5, 5.41) is 10.7. The van der Waals surface area contributed by atoms with Crippen LogP contribution in [0.15, 0.2) is 29.2 Å². The molecule has 0 spiro atoms. The quantitative estimate of drug-likeness (QED) is 0.706. The molecule has 0 unspecified atom stereocenters. The van der Waals surface area contributed by atoms with Crippen molar-refractivity contribution in [2.45, 2.75) is 18.4 Å². The fourth-order valence-corrected chi connectivity index (χ4v) is 3.51. The zero-order chi connectivity index (χ0) is 17.3. The minimum absolute atomic E-state index is 0.0134. The first-order valence-electron chi connectivity index (χ1n) is 7.01. The van der Waals surface area contributed by atoms with E-state index >= 15 is 0 Å². The number of nitrogen functional groups attached to an aromatic ring is 1. The van der Waals surface area contributed by atoms with E-state index in [4.69, 9.17) is 22.1 Å². The number of nitrogens with zero attached hydrogens (tertiary/aromatic N) is 3. The molecule has 3 aromatic rings. The van der Waals surface area contributed by atoms with Gasteiger partial charge in [0.1, 0.15) is 12.4 Å². The third kappa shape index (κ3) is 3.13. The molecule has 24 heavy (non-hydrogen) atoms. The number of sulfone groups is 1. The van der Waals surface area contributed by atoms with E-state index in [9.17, 15) is 8.42 Å². The van der Waals surface area contributed by atoms with E-state index in [1.54, 1.807) is 13.0 Å². The molecule has 1 aromatic carbocycles. The van der Waals surface area contributed by atoms with Gasteiger partial charge < -0.3 is 10.5 Å². The lowest BCUT2D eigenvalue weighted by Gasteiger charge is -2.12. The Hall–Kier alpha value is -2.39. The molecule has 2 heterocycles. The van der Waals surface area contributed by atoms with Crippen molar-refractivity contribution >= 4 is 38.4 Å². The molecule has 0 amide bonds. The highest BCUT2D eigenvalue weighted by molar-refractivity contribution is 7.91. The second kappa shape index (κ2) is 6.25. The molecule has 3 N–H and O–H groups in total. The molecule has 0 radical (unpaired) electrons. The molecule has 0 aliphatic heterocycles. The summed E-state index contributed by atoms with van der Waals surface area (Å²) < 4.78 is 30.1. The standard InChI is InChI=1S/C14H14ClN5O3S/c1-2-24(21,22)11-4-3-9(15)5-8(11)7-23-10-6-12(16)17-14-13(10)18-20-19-14/h3-6H,2,7H2,1H3,(H3,16,17,18,19,20). The number of hydrogen-bond acceptors (Lipinski definition) is 7. The summed E-state index contributed by atoms with van der Waals surface area (Å²) >= 11 is 5.99. The van der Waals surface area contributed by atoms with Crippen LogP contribution in [0.3, 0.4) is 0 Å². The summed E-state index contributed by atoms with van der Waals surface area (Å²) in [4.78, 5) is 4.20. The number of hydrogen-bond donors (Lipinski definition) is 2. The molecule has 0 bridgehead atoms. The zero-order valence-electron chi connectivity index (χ0n) is 12.7. The van der Waals surface area contributed by atoms with E-state index in [-0.39, 0.29) is 23.1 Å². The maximum Gasteiger partial charge on any atom is 0.207 e. The van der Waals surface area contributed by atoms with Crippen molar-refractivity contribution in [3.8, 4) is 5.75 Å². The lowest BCUT2D eigenvalue weighted by Crippen LogP contribution is -2.09. The Labute approximate surface area is 142 Å². The van der Waals surface area contributed by atoms with Gasteiger partial charge in [-0.1, -0.05) is 18.5 Å². The van der Waals surface area contributed by atoms with Gasteiger partial charge in [0.2, 0.25) is 5.65 Å². The summed E-state index contributed by atoms with van der Waals surface area (Å²) in [6.45, 7) is 1.57. The van der Waals surface area contributed by atoms with Gasteiger partial charge in [-0.15, -0.1) is 5.10 Å². The third-order valence-corrected chi connectivity index (χ3v) is 5.46. The highest BCUT2D eigenvalue weighted by atomic mass is 35.5. The van der Waals surface area contributed by atoms with Crippen molar-refractivity contribution in [3.05, 3.63) is 34.9 Å². The van der Waals surface area contributed by atoms with Crippen LogP contribution in [-0.4, -0.2) is 34.6 Å². The molecule has 0 saturated heterocycles. The fraction of sp³-hybridized carbons (Fsp3) is 0.214. The molecular weight excluding hydrogens is 354 g/mol. The van der Waals surface area contributed by atoms with Gasteiger partial charge in [0, 0.05) is 16.7 Å². The Bertz CT molecular complexity index is 1000. The van der Waals surface area contributed by atoms with Crippen molar-refractivity contribution in [2.24, 2.45) is 0 Å². The van der Waals surface area contributed by atoms with Crippen molar-refractivity contribution in [1.82, 2.24) is 20.4 Å². The van der Waals surface area contributed by atoms with Gasteiger partial charge in [-0.3, -0.25) is 0 Å². The number of H-pyrrole nitrogens is 1. The molecule has 0 saturated carbocycles. The summed E-state index contributed by atoms with van der Waals surface area (Å²) in [5.74, 6) is 0.558. The number of halogens is 1. The third-order valence-electron chi connectivity index (χ3n) is 3.40. The number of nitrogens with two attached hydrogens (primary N) is 1. The number of aromatic amines is 1. The number of rotatable bonds is 5. The predicted molar refractivity (Wildman–Crippen MR) is 89.6 cm³/mol. The Morgan fingerprint density at radius 3 is 2.83 bits per heavy atom. The van der Waals surface area contributed by atoms with Crippen molar-refractivity contribution < 1.29 is 13.2 Å². The van der Waals surface area contributed by atoms with E-state index < -0.39 is 9.84 Å². The SMILES string of the molecule is CCS(=O)(=O)c1ccc(Cl)cc1COc1cc(N)nc2n[nH]nc12. The Kier molecular flexibility index (Phi) is 4.29. The maximum atomic E-state index is 12.2. The first-order chi connectivity index (χ1) is 11.4.